The maximum atomic E-state index is 12.3. The van der Waals surface area contributed by atoms with E-state index < -0.39 is 0 Å². The van der Waals surface area contributed by atoms with Crippen LogP contribution in [-0.2, 0) is 30.9 Å². The number of nitrogens with zero attached hydrogens (tertiary/aromatic N) is 3. The summed E-state index contributed by atoms with van der Waals surface area (Å²) in [6, 6.07) is 8.36. The number of pyridine rings is 1. The van der Waals surface area contributed by atoms with Crippen LogP contribution < -0.4 is 9.64 Å². The van der Waals surface area contributed by atoms with Crippen LogP contribution in [0.3, 0.4) is 0 Å². The summed E-state index contributed by atoms with van der Waals surface area (Å²) >= 11 is 0. The summed E-state index contributed by atoms with van der Waals surface area (Å²) in [6.45, 7) is 5.97. The Morgan fingerprint density at radius 3 is 2.76 bits per heavy atom. The second-order valence-corrected chi connectivity index (χ2v) is 8.21. The number of hydrogen-bond acceptors (Lipinski definition) is 5. The van der Waals surface area contributed by atoms with Gasteiger partial charge in [0.15, 0.2) is 0 Å². The minimum absolute atomic E-state index is 0.0839. The fourth-order valence-corrected chi connectivity index (χ4v) is 4.52. The van der Waals surface area contributed by atoms with Crippen LogP contribution >= 0.6 is 0 Å². The molecule has 0 aliphatic carbocycles. The summed E-state index contributed by atoms with van der Waals surface area (Å²) < 4.78 is 11.8. The predicted molar refractivity (Wildman–Crippen MR) is 110 cm³/mol. The SMILES string of the molecule is CCc1cc2c(nc1N1CCC(Oc3ccc4c(c3)COC4)CC1)CN(C)C2=O. The molecule has 6 heteroatoms. The summed E-state index contributed by atoms with van der Waals surface area (Å²) in [5.74, 6) is 2.07. The molecule has 1 aromatic heterocycles. The van der Waals surface area contributed by atoms with Crippen LogP contribution in [0.4, 0.5) is 5.82 Å². The molecule has 2 aromatic rings. The molecule has 4 heterocycles. The van der Waals surface area contributed by atoms with Crippen molar-refractivity contribution in [2.45, 2.75) is 52.0 Å². The number of benzene rings is 1. The first-order valence-corrected chi connectivity index (χ1v) is 10.5. The number of amides is 1. The number of hydrogen-bond donors (Lipinski definition) is 0. The third kappa shape index (κ3) is 3.35. The predicted octanol–water partition coefficient (Wildman–Crippen LogP) is 3.31. The van der Waals surface area contributed by atoms with Crippen LogP contribution in [-0.4, -0.2) is 42.0 Å². The third-order valence-corrected chi connectivity index (χ3v) is 6.24. The van der Waals surface area contributed by atoms with Gasteiger partial charge in [-0.3, -0.25) is 4.79 Å². The molecule has 1 saturated heterocycles. The Bertz CT molecular complexity index is 951. The van der Waals surface area contributed by atoms with E-state index in [4.69, 9.17) is 14.5 Å². The summed E-state index contributed by atoms with van der Waals surface area (Å²) in [4.78, 5) is 21.3. The average molecular weight is 393 g/mol. The minimum Gasteiger partial charge on any atom is -0.490 e. The van der Waals surface area contributed by atoms with Gasteiger partial charge in [-0.2, -0.15) is 0 Å². The quantitative estimate of drug-likeness (QED) is 0.798. The highest BCUT2D eigenvalue weighted by Gasteiger charge is 2.30. The van der Waals surface area contributed by atoms with Crippen LogP contribution in [0.1, 0.15) is 52.5 Å². The zero-order valence-electron chi connectivity index (χ0n) is 17.1. The molecule has 0 saturated carbocycles. The van der Waals surface area contributed by atoms with E-state index in [1.54, 1.807) is 4.90 Å². The zero-order chi connectivity index (χ0) is 20.0. The molecule has 5 rings (SSSR count). The molecule has 0 bridgehead atoms. The molecule has 1 aromatic carbocycles. The van der Waals surface area contributed by atoms with E-state index in [0.717, 1.165) is 60.7 Å². The first kappa shape index (κ1) is 18.4. The lowest BCUT2D eigenvalue weighted by atomic mass is 10.0. The molecule has 3 aliphatic rings. The van der Waals surface area contributed by atoms with E-state index >= 15 is 0 Å². The Morgan fingerprint density at radius 2 is 1.97 bits per heavy atom. The standard InChI is InChI=1S/C23H27N3O3/c1-3-15-11-20-21(12-25(2)23(20)27)24-22(15)26-8-6-18(7-9-26)29-19-5-4-16-13-28-14-17(16)10-19/h4-5,10-11,18H,3,6-9,12-14H2,1-2H3. The normalized spacial score (nSPS) is 18.9. The van der Waals surface area contributed by atoms with Crippen molar-refractivity contribution in [1.29, 1.82) is 0 Å². The Labute approximate surface area is 171 Å². The van der Waals surface area contributed by atoms with Gasteiger partial charge in [-0.25, -0.2) is 4.98 Å². The van der Waals surface area contributed by atoms with Crippen molar-refractivity contribution in [2.75, 3.05) is 25.0 Å². The number of ether oxygens (including phenoxy) is 2. The Morgan fingerprint density at radius 1 is 1.17 bits per heavy atom. The molecular weight excluding hydrogens is 366 g/mol. The maximum absolute atomic E-state index is 12.3. The van der Waals surface area contributed by atoms with Crippen molar-refractivity contribution in [3.63, 3.8) is 0 Å². The van der Waals surface area contributed by atoms with E-state index in [2.05, 4.69) is 36.1 Å². The smallest absolute Gasteiger partial charge is 0.255 e. The van der Waals surface area contributed by atoms with Gasteiger partial charge in [-0.15, -0.1) is 0 Å². The van der Waals surface area contributed by atoms with Gasteiger partial charge in [0.25, 0.3) is 5.91 Å². The summed E-state index contributed by atoms with van der Waals surface area (Å²) in [6.07, 6.45) is 3.03. The van der Waals surface area contributed by atoms with Crippen molar-refractivity contribution < 1.29 is 14.3 Å². The van der Waals surface area contributed by atoms with Crippen LogP contribution in [0.2, 0.25) is 0 Å². The zero-order valence-corrected chi connectivity index (χ0v) is 17.1. The topological polar surface area (TPSA) is 54.9 Å². The van der Waals surface area contributed by atoms with Crippen molar-refractivity contribution >= 4 is 11.7 Å². The monoisotopic (exact) mass is 393 g/mol. The van der Waals surface area contributed by atoms with Crippen LogP contribution in [0.15, 0.2) is 24.3 Å². The number of carbonyl (C=O) groups excluding carboxylic acids is 1. The number of piperidine rings is 1. The lowest BCUT2D eigenvalue weighted by molar-refractivity contribution is 0.0816. The van der Waals surface area contributed by atoms with Gasteiger partial charge in [-0.1, -0.05) is 13.0 Å². The van der Waals surface area contributed by atoms with Gasteiger partial charge in [0.1, 0.15) is 17.7 Å². The average Bonchev–Trinajstić information content (AvgIpc) is 3.31. The molecule has 0 spiro atoms. The van der Waals surface area contributed by atoms with Crippen LogP contribution in [0.25, 0.3) is 0 Å². The minimum atomic E-state index is 0.0839. The number of rotatable bonds is 4. The van der Waals surface area contributed by atoms with E-state index in [9.17, 15) is 4.79 Å². The largest absolute Gasteiger partial charge is 0.490 e. The molecular formula is C23H27N3O3. The van der Waals surface area contributed by atoms with E-state index in [1.165, 1.54) is 11.1 Å². The lowest BCUT2D eigenvalue weighted by Gasteiger charge is -2.34. The highest BCUT2D eigenvalue weighted by molar-refractivity contribution is 5.98. The number of aromatic nitrogens is 1. The van der Waals surface area contributed by atoms with Gasteiger partial charge in [0.2, 0.25) is 0 Å². The summed E-state index contributed by atoms with van der Waals surface area (Å²) in [5.41, 5.74) is 5.35. The van der Waals surface area contributed by atoms with Crippen LogP contribution in [0.5, 0.6) is 5.75 Å². The number of carbonyl (C=O) groups is 1. The molecule has 1 fully saturated rings. The molecule has 29 heavy (non-hydrogen) atoms. The fourth-order valence-electron chi connectivity index (χ4n) is 4.52. The molecule has 0 radical (unpaired) electrons. The summed E-state index contributed by atoms with van der Waals surface area (Å²) in [5, 5.41) is 0. The molecule has 1 amide bonds. The molecule has 0 N–H and O–H groups in total. The second-order valence-electron chi connectivity index (χ2n) is 8.21. The lowest BCUT2D eigenvalue weighted by Crippen LogP contribution is -2.39. The van der Waals surface area contributed by atoms with Crippen molar-refractivity contribution in [2.24, 2.45) is 0 Å². The number of anilines is 1. The van der Waals surface area contributed by atoms with Gasteiger partial charge in [0.05, 0.1) is 31.0 Å². The number of aryl methyl sites for hydroxylation is 1. The van der Waals surface area contributed by atoms with E-state index in [1.807, 2.05) is 7.05 Å². The fraction of sp³-hybridized carbons (Fsp3) is 0.478. The maximum Gasteiger partial charge on any atom is 0.255 e. The van der Waals surface area contributed by atoms with Gasteiger partial charge in [-0.05, 0) is 41.3 Å². The van der Waals surface area contributed by atoms with Crippen LogP contribution in [0, 0.1) is 0 Å². The first-order chi connectivity index (χ1) is 14.1. The molecule has 3 aliphatic heterocycles. The molecule has 0 unspecified atom stereocenters. The van der Waals surface area contributed by atoms with Crippen molar-refractivity contribution in [1.82, 2.24) is 9.88 Å². The third-order valence-electron chi connectivity index (χ3n) is 6.24. The second kappa shape index (κ2) is 7.34. The van der Waals surface area contributed by atoms with Gasteiger partial charge >= 0.3 is 0 Å². The first-order valence-electron chi connectivity index (χ1n) is 10.5. The van der Waals surface area contributed by atoms with Gasteiger partial charge in [0, 0.05) is 33.0 Å². The Hall–Kier alpha value is -2.60. The highest BCUT2D eigenvalue weighted by atomic mass is 16.5. The molecule has 0 atom stereocenters. The molecule has 6 nitrogen and oxygen atoms in total. The van der Waals surface area contributed by atoms with E-state index in [0.29, 0.717) is 19.8 Å². The highest BCUT2D eigenvalue weighted by Crippen LogP contribution is 2.31. The van der Waals surface area contributed by atoms with Crippen molar-refractivity contribution in [3.8, 4) is 5.75 Å². The Kier molecular flexibility index (Phi) is 4.66. The molecule has 152 valence electrons. The number of fused-ring (bicyclic) bond motifs is 2. The van der Waals surface area contributed by atoms with E-state index in [-0.39, 0.29) is 12.0 Å². The van der Waals surface area contributed by atoms with Gasteiger partial charge < -0.3 is 19.3 Å². The summed E-state index contributed by atoms with van der Waals surface area (Å²) in [7, 11) is 1.84. The Balaban J connectivity index is 1.27. The van der Waals surface area contributed by atoms with Crippen molar-refractivity contribution in [3.05, 3.63) is 52.2 Å².